The molecule has 1 saturated carbocycles. The summed E-state index contributed by atoms with van der Waals surface area (Å²) >= 11 is 0. The zero-order valence-electron chi connectivity index (χ0n) is 10.6. The fourth-order valence-corrected chi connectivity index (χ4v) is 4.23. The summed E-state index contributed by atoms with van der Waals surface area (Å²) in [7, 11) is 0. The molecule has 3 fully saturated rings. The van der Waals surface area contributed by atoms with E-state index in [4.69, 9.17) is 5.11 Å². The number of carbonyl (C=O) groups is 1. The van der Waals surface area contributed by atoms with Crippen molar-refractivity contribution in [3.63, 3.8) is 0 Å². The van der Waals surface area contributed by atoms with Crippen LogP contribution in [0.1, 0.15) is 51.9 Å². The van der Waals surface area contributed by atoms with Crippen LogP contribution < -0.4 is 0 Å². The van der Waals surface area contributed by atoms with Crippen molar-refractivity contribution in [2.24, 2.45) is 11.8 Å². The molecule has 0 radical (unpaired) electrons. The molecule has 2 aliphatic heterocycles. The predicted molar refractivity (Wildman–Crippen MR) is 65.8 cm³/mol. The summed E-state index contributed by atoms with van der Waals surface area (Å²) in [5.74, 6) is 0.764. The average molecular weight is 237 g/mol. The van der Waals surface area contributed by atoms with Gasteiger partial charge < -0.3 is 5.11 Å². The number of hydrogen-bond donors (Lipinski definition) is 1. The summed E-state index contributed by atoms with van der Waals surface area (Å²) in [6, 6.07) is 2.13. The van der Waals surface area contributed by atoms with Gasteiger partial charge in [-0.3, -0.25) is 9.69 Å². The lowest BCUT2D eigenvalue weighted by molar-refractivity contribution is -0.138. The highest BCUT2D eigenvalue weighted by atomic mass is 16.4. The van der Waals surface area contributed by atoms with Gasteiger partial charge in [-0.25, -0.2) is 0 Å². The fraction of sp³-hybridized carbons (Fsp3) is 0.929. The molecule has 17 heavy (non-hydrogen) atoms. The highest BCUT2D eigenvalue weighted by molar-refractivity contribution is 5.67. The van der Waals surface area contributed by atoms with Crippen molar-refractivity contribution in [3.8, 4) is 0 Å². The summed E-state index contributed by atoms with van der Waals surface area (Å²) in [5, 5.41) is 8.92. The van der Waals surface area contributed by atoms with E-state index in [1.807, 2.05) is 0 Å². The van der Waals surface area contributed by atoms with E-state index in [2.05, 4.69) is 11.8 Å². The SMILES string of the molecule is CC(C1CC1)N1C2CCC1CC(CC(=O)O)C2. The molecule has 2 saturated heterocycles. The van der Waals surface area contributed by atoms with E-state index >= 15 is 0 Å². The molecule has 3 heteroatoms. The molecule has 0 aromatic heterocycles. The lowest BCUT2D eigenvalue weighted by atomic mass is 9.87. The second kappa shape index (κ2) is 4.27. The maximum atomic E-state index is 10.8. The molecule has 0 amide bonds. The summed E-state index contributed by atoms with van der Waals surface area (Å²) in [5.41, 5.74) is 0. The van der Waals surface area contributed by atoms with Crippen LogP contribution in [-0.4, -0.2) is 34.1 Å². The minimum absolute atomic E-state index is 0.388. The van der Waals surface area contributed by atoms with Gasteiger partial charge in [0.1, 0.15) is 0 Å². The molecule has 0 aromatic carbocycles. The van der Waals surface area contributed by atoms with E-state index in [1.54, 1.807) is 0 Å². The Morgan fingerprint density at radius 3 is 2.29 bits per heavy atom. The molecule has 2 bridgehead atoms. The van der Waals surface area contributed by atoms with E-state index in [0.717, 1.165) is 24.8 Å². The van der Waals surface area contributed by atoms with E-state index in [9.17, 15) is 4.79 Å². The molecule has 3 unspecified atom stereocenters. The molecule has 3 rings (SSSR count). The van der Waals surface area contributed by atoms with Crippen molar-refractivity contribution in [2.45, 2.75) is 70.0 Å². The Hall–Kier alpha value is -0.570. The molecule has 1 aliphatic carbocycles. The van der Waals surface area contributed by atoms with E-state index in [0.29, 0.717) is 24.4 Å². The lowest BCUT2D eigenvalue weighted by Gasteiger charge is -2.42. The third kappa shape index (κ3) is 2.22. The predicted octanol–water partition coefficient (Wildman–Crippen LogP) is 2.50. The number of carboxylic acids is 1. The molecule has 3 aliphatic rings. The van der Waals surface area contributed by atoms with Crippen molar-refractivity contribution >= 4 is 5.97 Å². The molecule has 1 N–H and O–H groups in total. The Morgan fingerprint density at radius 2 is 1.82 bits per heavy atom. The van der Waals surface area contributed by atoms with E-state index in [-0.39, 0.29) is 0 Å². The van der Waals surface area contributed by atoms with Gasteiger partial charge in [-0.2, -0.15) is 0 Å². The van der Waals surface area contributed by atoms with Gasteiger partial charge in [0, 0.05) is 24.5 Å². The van der Waals surface area contributed by atoms with Crippen molar-refractivity contribution in [3.05, 3.63) is 0 Å². The highest BCUT2D eigenvalue weighted by Gasteiger charge is 2.46. The Balaban J connectivity index is 1.65. The highest BCUT2D eigenvalue weighted by Crippen LogP contribution is 2.45. The van der Waals surface area contributed by atoms with Crippen molar-refractivity contribution in [1.29, 1.82) is 0 Å². The summed E-state index contributed by atoms with van der Waals surface area (Å²) in [6.07, 6.45) is 8.07. The summed E-state index contributed by atoms with van der Waals surface area (Å²) in [4.78, 5) is 13.6. The summed E-state index contributed by atoms with van der Waals surface area (Å²) < 4.78 is 0. The Labute approximate surface area is 103 Å². The van der Waals surface area contributed by atoms with Crippen LogP contribution in [0, 0.1) is 11.8 Å². The van der Waals surface area contributed by atoms with Crippen LogP contribution in [0.3, 0.4) is 0 Å². The fourth-order valence-electron chi connectivity index (χ4n) is 4.23. The largest absolute Gasteiger partial charge is 0.481 e. The third-order valence-electron chi connectivity index (χ3n) is 5.13. The minimum atomic E-state index is -0.613. The van der Waals surface area contributed by atoms with Crippen LogP contribution in [0.4, 0.5) is 0 Å². The molecular formula is C14H23NO2. The molecule has 2 heterocycles. The lowest BCUT2D eigenvalue weighted by Crippen LogP contribution is -2.48. The normalized spacial score (nSPS) is 39.2. The Morgan fingerprint density at radius 1 is 1.24 bits per heavy atom. The smallest absolute Gasteiger partial charge is 0.303 e. The molecule has 0 aromatic rings. The van der Waals surface area contributed by atoms with Crippen LogP contribution in [0.25, 0.3) is 0 Å². The molecule has 3 atom stereocenters. The number of carboxylic acid groups (broad SMARTS) is 1. The van der Waals surface area contributed by atoms with Crippen LogP contribution in [0.2, 0.25) is 0 Å². The van der Waals surface area contributed by atoms with Crippen LogP contribution in [0.5, 0.6) is 0 Å². The van der Waals surface area contributed by atoms with Gasteiger partial charge in [-0.15, -0.1) is 0 Å². The van der Waals surface area contributed by atoms with E-state index in [1.165, 1.54) is 25.7 Å². The number of hydrogen-bond acceptors (Lipinski definition) is 2. The number of nitrogens with zero attached hydrogens (tertiary/aromatic N) is 1. The van der Waals surface area contributed by atoms with Crippen LogP contribution in [0.15, 0.2) is 0 Å². The number of aliphatic carboxylic acids is 1. The maximum absolute atomic E-state index is 10.8. The van der Waals surface area contributed by atoms with Gasteiger partial charge in [0.2, 0.25) is 0 Å². The van der Waals surface area contributed by atoms with Gasteiger partial charge in [-0.05, 0) is 57.3 Å². The van der Waals surface area contributed by atoms with Crippen molar-refractivity contribution < 1.29 is 9.90 Å². The van der Waals surface area contributed by atoms with Crippen molar-refractivity contribution in [1.82, 2.24) is 4.90 Å². The summed E-state index contributed by atoms with van der Waals surface area (Å²) in [6.45, 7) is 2.39. The standard InChI is InChI=1S/C14H23NO2/c1-9(11-2-3-11)15-12-4-5-13(15)7-10(6-12)8-14(16)17/h9-13H,2-8H2,1H3,(H,16,17). The average Bonchev–Trinajstić information content (AvgIpc) is 3.04. The first-order valence-electron chi connectivity index (χ1n) is 7.14. The molecule has 96 valence electrons. The topological polar surface area (TPSA) is 40.5 Å². The second-order valence-corrected chi connectivity index (χ2v) is 6.35. The van der Waals surface area contributed by atoms with Gasteiger partial charge >= 0.3 is 5.97 Å². The third-order valence-corrected chi connectivity index (χ3v) is 5.13. The van der Waals surface area contributed by atoms with E-state index < -0.39 is 5.97 Å². The minimum Gasteiger partial charge on any atom is -0.481 e. The number of piperidine rings is 1. The first-order chi connectivity index (χ1) is 8.15. The second-order valence-electron chi connectivity index (χ2n) is 6.35. The Kier molecular flexibility index (Phi) is 2.89. The maximum Gasteiger partial charge on any atom is 0.303 e. The van der Waals surface area contributed by atoms with Crippen molar-refractivity contribution in [2.75, 3.05) is 0 Å². The number of rotatable bonds is 4. The van der Waals surface area contributed by atoms with Gasteiger partial charge in [0.05, 0.1) is 0 Å². The first kappa shape index (κ1) is 11.5. The quantitative estimate of drug-likeness (QED) is 0.816. The van der Waals surface area contributed by atoms with Gasteiger partial charge in [0.15, 0.2) is 0 Å². The molecule has 0 spiro atoms. The number of fused-ring (bicyclic) bond motifs is 2. The zero-order chi connectivity index (χ0) is 12.0. The Bertz CT molecular complexity index is 299. The van der Waals surface area contributed by atoms with Crippen LogP contribution in [-0.2, 0) is 4.79 Å². The van der Waals surface area contributed by atoms with Crippen LogP contribution >= 0.6 is 0 Å². The van der Waals surface area contributed by atoms with Gasteiger partial charge in [0.25, 0.3) is 0 Å². The van der Waals surface area contributed by atoms with Gasteiger partial charge in [-0.1, -0.05) is 0 Å². The zero-order valence-corrected chi connectivity index (χ0v) is 10.6. The first-order valence-corrected chi connectivity index (χ1v) is 7.14. The molecule has 3 nitrogen and oxygen atoms in total. The monoisotopic (exact) mass is 237 g/mol. The molecular weight excluding hydrogens is 214 g/mol.